The summed E-state index contributed by atoms with van der Waals surface area (Å²) in [5.74, 6) is -12.9. The van der Waals surface area contributed by atoms with Crippen LogP contribution in [0.5, 0.6) is 0 Å². The van der Waals surface area contributed by atoms with Crippen molar-refractivity contribution in [2.75, 3.05) is 95.0 Å². The molecule has 8 aromatic heterocycles. The van der Waals surface area contributed by atoms with Gasteiger partial charge in [0.2, 0.25) is 0 Å². The average molecular weight is 2150 g/mol. The van der Waals surface area contributed by atoms with Gasteiger partial charge in [-0.2, -0.15) is 12.4 Å². The number of rotatable bonds is 26. The van der Waals surface area contributed by atoms with E-state index in [1.807, 2.05) is 19.9 Å². The predicted molar refractivity (Wildman–Crippen MR) is 499 cm³/mol. The molecule has 6 fully saturated rings. The molecule has 0 bridgehead atoms. The van der Waals surface area contributed by atoms with Crippen LogP contribution in [0.15, 0.2) is 127 Å². The third-order valence-corrected chi connectivity index (χ3v) is 28.5. The van der Waals surface area contributed by atoms with E-state index < -0.39 is 206 Å². The fourth-order valence-electron chi connectivity index (χ4n) is 16.8. The summed E-state index contributed by atoms with van der Waals surface area (Å²) in [5, 5.41) is 115. The van der Waals surface area contributed by atoms with E-state index in [9.17, 15) is 79.4 Å². The summed E-state index contributed by atoms with van der Waals surface area (Å²) in [6.07, 6.45) is 3.30. The number of terminal acetylenes is 1. The third kappa shape index (κ3) is 27.5. The Morgan fingerprint density at radius 1 is 0.510 bits per heavy atom. The van der Waals surface area contributed by atoms with Crippen molar-refractivity contribution in [2.45, 2.75) is 157 Å². The zero-order valence-electron chi connectivity index (χ0n) is 80.5. The second-order valence-corrected chi connectivity index (χ2v) is 37.5. The van der Waals surface area contributed by atoms with Crippen LogP contribution in [0.3, 0.4) is 0 Å². The summed E-state index contributed by atoms with van der Waals surface area (Å²) in [6.45, 7) is 13.4. The van der Waals surface area contributed by atoms with E-state index in [-0.39, 0.29) is 140 Å². The standard InChI is InChI=1S/C31H31F3N8O6S.C29H30F3N7O8S.C23H27F3N6O6S.C8H4N2.CH3O.Na/c1-15-24(13-47-16(2)43)48-31(30(45-4)28(15)42-10-21(37-40-42)17-8-18(32)27(34)19(33)9-17)49-25-14-46-12-23(29(25)44)41-11-22(38-39-41)20-6-5-7-26(35-3)36-20;1-44-27-24(39-8-18(34-37-39)13-6-14(30)23(32)15(31)7-13)26(42)21(10-40)47-29(27)48-22-12-46-11-20(25(22)41)38-9-19(35-36-38)16-4-3-5-17(33-16)28(43)45-2;1-10-17(8-37-11(2)33)38-23(39-18-9-36-7-16(21(18)34)28-30-27)22(35-3)20(10)32-6-15(29-31-32)12-4-13(24)19(26)14(25)5-12;1-2-7-4-3-5-8(6-9)10-7;1-2;/h5-11,15,23-25,28-31,44H,12-14H2,1-2,4H3;3-9,20-22,24-27,29,40-42H,10-12H2,1-2H3;4-6,10,16-18,20-23,34H,7-9H2,1-3H3;1,3-5H;1H3;/q;;;;-1;+1. The van der Waals surface area contributed by atoms with Crippen molar-refractivity contribution >= 4 is 59.0 Å². The minimum Gasteiger partial charge on any atom is -0.857 e. The zero-order chi connectivity index (χ0) is 107. The number of ether oxygens (including phenoxy) is 12. The van der Waals surface area contributed by atoms with E-state index in [1.165, 1.54) is 114 Å². The van der Waals surface area contributed by atoms with Gasteiger partial charge in [0.15, 0.2) is 63.7 Å². The number of pyridine rings is 3. The number of hydrogen-bond acceptors (Lipinski definition) is 39. The van der Waals surface area contributed by atoms with Crippen LogP contribution < -0.4 is 34.7 Å². The molecule has 24 atom stereocenters. The Hall–Kier alpha value is -12.1. The topological polar surface area (TPSA) is 555 Å². The minimum absolute atomic E-state index is 0. The van der Waals surface area contributed by atoms with Gasteiger partial charge in [-0.3, -0.25) is 9.59 Å². The molecule has 14 heterocycles. The van der Waals surface area contributed by atoms with Crippen molar-refractivity contribution < 1.29 is 171 Å². The fraction of sp³-hybridized carbons (Fsp3) is 0.457. The summed E-state index contributed by atoms with van der Waals surface area (Å²) in [6, 6.07) is 17.2. The Kier molecular flexibility index (Phi) is 41.5. The largest absolute Gasteiger partial charge is 1.00 e. The number of benzene rings is 3. The molecule has 0 aliphatic carbocycles. The van der Waals surface area contributed by atoms with Crippen molar-refractivity contribution in [3.8, 4) is 75.0 Å². The number of aromatic nitrogens is 18. The van der Waals surface area contributed by atoms with Crippen LogP contribution in [-0.2, 0) is 66.4 Å². The number of azide groups is 1. The van der Waals surface area contributed by atoms with Gasteiger partial charge in [-0.15, -0.1) is 72.2 Å². The van der Waals surface area contributed by atoms with Crippen molar-refractivity contribution in [3.63, 3.8) is 0 Å². The van der Waals surface area contributed by atoms with Gasteiger partial charge in [0.05, 0.1) is 154 Å². The Morgan fingerprint density at radius 2 is 0.879 bits per heavy atom. The smallest absolute Gasteiger partial charge is 0.857 e. The number of carbonyl (C=O) groups is 3. The number of aliphatic hydroxyl groups is 5. The Balaban J connectivity index is 0.000000188. The van der Waals surface area contributed by atoms with Gasteiger partial charge >= 0.3 is 47.5 Å². The summed E-state index contributed by atoms with van der Waals surface area (Å²) in [5.41, 5.74) is 9.01. The summed E-state index contributed by atoms with van der Waals surface area (Å²) >= 11 is 3.62. The molecule has 0 amide bonds. The first kappa shape index (κ1) is 116. The first-order valence-electron chi connectivity index (χ1n) is 44.8. The summed E-state index contributed by atoms with van der Waals surface area (Å²) in [4.78, 5) is 53.6. The first-order valence-corrected chi connectivity index (χ1v) is 47.6. The van der Waals surface area contributed by atoms with Crippen LogP contribution in [0.1, 0.15) is 79.8 Å². The summed E-state index contributed by atoms with van der Waals surface area (Å²) < 4.78 is 200. The zero-order valence-corrected chi connectivity index (χ0v) is 85.0. The first-order chi connectivity index (χ1) is 71.2. The van der Waals surface area contributed by atoms with E-state index in [0.29, 0.717) is 34.2 Å². The molecule has 149 heavy (non-hydrogen) atoms. The molecule has 0 radical (unpaired) electrons. The molecule has 786 valence electrons. The van der Waals surface area contributed by atoms with Gasteiger partial charge in [0.1, 0.15) is 124 Å². The van der Waals surface area contributed by atoms with Crippen LogP contribution >= 0.6 is 35.3 Å². The fourth-order valence-corrected chi connectivity index (χ4v) is 21.2. The van der Waals surface area contributed by atoms with Crippen molar-refractivity contribution in [1.82, 2.24) is 89.9 Å². The van der Waals surface area contributed by atoms with Crippen LogP contribution in [-0.4, -0.2) is 328 Å². The predicted octanol–water partition coefficient (Wildman–Crippen LogP) is 4.88. The molecule has 11 aromatic rings. The van der Waals surface area contributed by atoms with E-state index in [2.05, 4.69) is 87.3 Å². The molecule has 3 aromatic carbocycles. The Bertz CT molecular complexity index is 6510. The van der Waals surface area contributed by atoms with Crippen LogP contribution in [0, 0.1) is 94.4 Å². The molecule has 57 heteroatoms. The van der Waals surface area contributed by atoms with Crippen molar-refractivity contribution in [1.29, 1.82) is 5.26 Å². The van der Waals surface area contributed by atoms with Crippen molar-refractivity contribution in [2.24, 2.45) is 17.0 Å². The van der Waals surface area contributed by atoms with Gasteiger partial charge in [-0.1, -0.05) is 75.7 Å². The molecule has 6 saturated heterocycles. The maximum atomic E-state index is 14.0. The van der Waals surface area contributed by atoms with E-state index in [4.69, 9.17) is 85.7 Å². The number of hydrogen-bond donors (Lipinski definition) is 5. The van der Waals surface area contributed by atoms with Gasteiger partial charge in [0, 0.05) is 68.6 Å². The summed E-state index contributed by atoms with van der Waals surface area (Å²) in [7, 11) is 6.33. The third-order valence-electron chi connectivity index (χ3n) is 24.3. The van der Waals surface area contributed by atoms with Crippen LogP contribution in [0.25, 0.3) is 71.8 Å². The maximum absolute atomic E-state index is 14.0. The Morgan fingerprint density at radius 3 is 1.28 bits per heavy atom. The van der Waals surface area contributed by atoms with Gasteiger partial charge in [-0.05, 0) is 78.3 Å². The number of thioether (sulfide) groups is 3. The van der Waals surface area contributed by atoms with E-state index in [1.54, 1.807) is 60.9 Å². The number of nitrogens with zero attached hydrogens (tertiary/aromatic N) is 23. The van der Waals surface area contributed by atoms with Gasteiger partial charge < -0.3 is 92.3 Å². The average Bonchev–Trinajstić information content (AvgIpc) is 1.72. The number of aliphatic hydroxyl groups excluding tert-OH is 5. The van der Waals surface area contributed by atoms with E-state index >= 15 is 0 Å². The quantitative estimate of drug-likeness (QED) is 0.00460. The number of methoxy groups -OCH3 is 4. The van der Waals surface area contributed by atoms with Gasteiger partial charge in [-0.25, -0.2) is 77.7 Å². The van der Waals surface area contributed by atoms with Crippen LogP contribution in [0.4, 0.5) is 45.3 Å². The molecule has 44 nitrogen and oxygen atoms in total. The SMILES string of the molecule is C#Cc1cccc(C#N)n1.COC(=O)c1cccc(-c2cn(C3COCC(SC4OC(CO)C(O)C(n5cc(-c6cc(F)c(F)c(F)c6)nn5)C4OC)C3O)nn2)n1.COC1C(SC2COCC(N=[N+]=[N-])C2O)OC(COC(C)=O)C(C)C1n1cc(-c2cc(F)c(F)c(F)c2)nn1.C[O-].[C-]#[N+]c1cccc(-c2cn(C3COCC(SC4OC(COC(C)=O)C(C)C(n5cc(-c6cc(F)c(F)c(F)c6)nn5)C4OC)C3O)nn2)n1.[Na+]. The maximum Gasteiger partial charge on any atom is 1.00 e. The number of halogens is 9. The molecule has 0 spiro atoms. The van der Waals surface area contributed by atoms with Gasteiger partial charge in [0.25, 0.3) is 5.82 Å². The molecule has 6 aliphatic rings. The number of nitriles is 1. The second-order valence-electron chi connectivity index (χ2n) is 33.5. The molecule has 24 unspecified atom stereocenters. The normalized spacial score (nSPS) is 26.4. The number of esters is 3. The molecule has 6 aliphatic heterocycles. The molecular formula is C92H95F9N23NaO21S3. The molecule has 17 rings (SSSR count). The molecule has 5 N–H and O–H groups in total. The minimum atomic E-state index is -1.63. The molecular weight excluding hydrogens is 2050 g/mol. The van der Waals surface area contributed by atoms with Crippen molar-refractivity contribution in [3.05, 3.63) is 213 Å². The second kappa shape index (κ2) is 53.5. The monoisotopic (exact) mass is 2150 g/mol. The van der Waals surface area contributed by atoms with Crippen LogP contribution in [0.2, 0.25) is 0 Å². The Labute approximate surface area is 877 Å². The number of carbonyl (C=O) groups excluding carboxylic acids is 3. The molecule has 0 saturated carbocycles. The van der Waals surface area contributed by atoms with E-state index in [0.717, 1.165) is 55.3 Å².